The molecule has 0 saturated heterocycles. The van der Waals surface area contributed by atoms with Crippen LogP contribution in [0.2, 0.25) is 0 Å². The minimum absolute atomic E-state index is 0.107. The van der Waals surface area contributed by atoms with Crippen LogP contribution in [0.5, 0.6) is 0 Å². The minimum atomic E-state index is 0.107. The van der Waals surface area contributed by atoms with Gasteiger partial charge in [-0.2, -0.15) is 0 Å². The van der Waals surface area contributed by atoms with Crippen LogP contribution >= 0.6 is 11.8 Å². The van der Waals surface area contributed by atoms with Crippen LogP contribution < -0.4 is 5.32 Å². The number of nitrogens with one attached hydrogen (secondary N) is 1. The number of aromatic nitrogens is 2. The predicted octanol–water partition coefficient (Wildman–Crippen LogP) is 1.46. The maximum absolute atomic E-state index is 9.17. The van der Waals surface area contributed by atoms with Gasteiger partial charge in [0.25, 0.3) is 0 Å². The van der Waals surface area contributed by atoms with Crippen LogP contribution in [0.3, 0.4) is 0 Å². The monoisotopic (exact) mass is 255 g/mol. The van der Waals surface area contributed by atoms with E-state index in [0.29, 0.717) is 0 Å². The number of aryl methyl sites for hydroxylation is 2. The summed E-state index contributed by atoms with van der Waals surface area (Å²) in [6, 6.07) is 0.107. The van der Waals surface area contributed by atoms with Crippen molar-refractivity contribution >= 4 is 11.8 Å². The molecule has 1 aromatic rings. The summed E-state index contributed by atoms with van der Waals surface area (Å²) in [5.74, 6) is 0.784. The number of rotatable bonds is 6. The van der Waals surface area contributed by atoms with E-state index in [9.17, 15) is 5.11 Å². The third-order valence-electron chi connectivity index (χ3n) is 2.74. The second-order valence-corrected chi connectivity index (χ2v) is 5.04. The summed E-state index contributed by atoms with van der Waals surface area (Å²) < 4.78 is 0. The molecule has 0 amide bonds. The first kappa shape index (κ1) is 14.4. The zero-order valence-electron chi connectivity index (χ0n) is 10.9. The Morgan fingerprint density at radius 3 is 2.29 bits per heavy atom. The van der Waals surface area contributed by atoms with Crippen molar-refractivity contribution < 1.29 is 5.11 Å². The fraction of sp³-hybridized carbons (Fsp3) is 0.667. The molecule has 1 heterocycles. The van der Waals surface area contributed by atoms with Crippen molar-refractivity contribution in [1.82, 2.24) is 15.3 Å². The molecule has 0 spiro atoms. The Morgan fingerprint density at radius 2 is 1.82 bits per heavy atom. The van der Waals surface area contributed by atoms with Crippen LogP contribution in [0.15, 0.2) is 5.16 Å². The smallest absolute Gasteiger partial charge is 0.188 e. The maximum atomic E-state index is 9.17. The number of aliphatic hydroxyl groups excluding tert-OH is 1. The normalized spacial score (nSPS) is 12.8. The van der Waals surface area contributed by atoms with Crippen LogP contribution in [0, 0.1) is 20.8 Å². The molecule has 1 aromatic heterocycles. The summed E-state index contributed by atoms with van der Waals surface area (Å²) in [4.78, 5) is 8.88. The molecule has 0 aliphatic heterocycles. The van der Waals surface area contributed by atoms with E-state index in [0.717, 1.165) is 34.4 Å². The summed E-state index contributed by atoms with van der Waals surface area (Å²) in [5, 5.41) is 13.2. The van der Waals surface area contributed by atoms with Crippen molar-refractivity contribution in [3.05, 3.63) is 17.0 Å². The topological polar surface area (TPSA) is 58.0 Å². The van der Waals surface area contributed by atoms with Gasteiger partial charge in [0.05, 0.1) is 6.61 Å². The lowest BCUT2D eigenvalue weighted by Crippen LogP contribution is -2.34. The van der Waals surface area contributed by atoms with E-state index in [-0.39, 0.29) is 12.6 Å². The van der Waals surface area contributed by atoms with E-state index < -0.39 is 0 Å². The molecule has 0 aliphatic rings. The number of aliphatic hydroxyl groups is 1. The lowest BCUT2D eigenvalue weighted by molar-refractivity contribution is 0.255. The van der Waals surface area contributed by atoms with Crippen molar-refractivity contribution in [3.63, 3.8) is 0 Å². The summed E-state index contributed by atoms with van der Waals surface area (Å²) in [7, 11) is 0. The SMILES string of the molecule is CCNC(CO)CSc1nc(C)c(C)c(C)n1. The fourth-order valence-corrected chi connectivity index (χ4v) is 2.42. The Hall–Kier alpha value is -0.650. The first-order chi connectivity index (χ1) is 8.08. The van der Waals surface area contributed by atoms with Crippen molar-refractivity contribution in [2.45, 2.75) is 38.9 Å². The van der Waals surface area contributed by atoms with Crippen LogP contribution in [-0.2, 0) is 0 Å². The van der Waals surface area contributed by atoms with Gasteiger partial charge in [-0.1, -0.05) is 18.7 Å². The summed E-state index contributed by atoms with van der Waals surface area (Å²) in [5.41, 5.74) is 3.22. The van der Waals surface area contributed by atoms with Gasteiger partial charge >= 0.3 is 0 Å². The Bertz CT molecular complexity index is 348. The van der Waals surface area contributed by atoms with Gasteiger partial charge in [0.2, 0.25) is 0 Å². The standard InChI is InChI=1S/C12H21N3OS/c1-5-13-11(6-16)7-17-12-14-9(3)8(2)10(4)15-12/h11,13,16H,5-7H2,1-4H3. The molecule has 0 radical (unpaired) electrons. The summed E-state index contributed by atoms with van der Waals surface area (Å²) in [6.07, 6.45) is 0. The highest BCUT2D eigenvalue weighted by atomic mass is 32.2. The summed E-state index contributed by atoms with van der Waals surface area (Å²) >= 11 is 1.59. The molecule has 0 saturated carbocycles. The highest BCUT2D eigenvalue weighted by molar-refractivity contribution is 7.99. The lowest BCUT2D eigenvalue weighted by atomic mass is 10.2. The molecule has 0 fully saturated rings. The number of thioether (sulfide) groups is 1. The maximum Gasteiger partial charge on any atom is 0.188 e. The molecule has 1 atom stereocenters. The van der Waals surface area contributed by atoms with E-state index in [1.165, 1.54) is 0 Å². The van der Waals surface area contributed by atoms with Gasteiger partial charge < -0.3 is 10.4 Å². The van der Waals surface area contributed by atoms with Gasteiger partial charge in [-0.05, 0) is 32.9 Å². The second-order valence-electron chi connectivity index (χ2n) is 4.05. The van der Waals surface area contributed by atoms with Gasteiger partial charge in [-0.25, -0.2) is 9.97 Å². The molecule has 0 aromatic carbocycles. The van der Waals surface area contributed by atoms with Crippen LogP contribution in [-0.4, -0.2) is 40.0 Å². The van der Waals surface area contributed by atoms with Crippen molar-refractivity contribution in [1.29, 1.82) is 0 Å². The van der Waals surface area contributed by atoms with Crippen molar-refractivity contribution in [2.75, 3.05) is 18.9 Å². The average molecular weight is 255 g/mol. The molecule has 2 N–H and O–H groups in total. The number of nitrogens with zero attached hydrogens (tertiary/aromatic N) is 2. The molecule has 1 rings (SSSR count). The molecule has 1 unspecified atom stereocenters. The summed E-state index contributed by atoms with van der Waals surface area (Å²) in [6.45, 7) is 9.07. The third-order valence-corrected chi connectivity index (χ3v) is 3.75. The minimum Gasteiger partial charge on any atom is -0.395 e. The largest absolute Gasteiger partial charge is 0.395 e. The van der Waals surface area contributed by atoms with Gasteiger partial charge in [-0.15, -0.1) is 0 Å². The fourth-order valence-electron chi connectivity index (χ4n) is 1.45. The van der Waals surface area contributed by atoms with E-state index in [1.807, 2.05) is 27.7 Å². The van der Waals surface area contributed by atoms with Gasteiger partial charge in [0.1, 0.15) is 0 Å². The highest BCUT2D eigenvalue weighted by Gasteiger charge is 2.09. The molecule has 17 heavy (non-hydrogen) atoms. The highest BCUT2D eigenvalue weighted by Crippen LogP contribution is 2.17. The molecule has 4 nitrogen and oxygen atoms in total. The number of likely N-dealkylation sites (N-methyl/N-ethyl adjacent to an activating group) is 1. The zero-order chi connectivity index (χ0) is 12.8. The van der Waals surface area contributed by atoms with Crippen molar-refractivity contribution in [3.8, 4) is 0 Å². The third kappa shape index (κ3) is 4.26. The van der Waals surface area contributed by atoms with E-state index in [1.54, 1.807) is 11.8 Å². The van der Waals surface area contributed by atoms with Crippen LogP contribution in [0.25, 0.3) is 0 Å². The first-order valence-corrected chi connectivity index (χ1v) is 6.85. The average Bonchev–Trinajstić information content (AvgIpc) is 2.31. The number of hydrogen-bond acceptors (Lipinski definition) is 5. The molecule has 0 bridgehead atoms. The van der Waals surface area contributed by atoms with Crippen LogP contribution in [0.4, 0.5) is 0 Å². The van der Waals surface area contributed by atoms with Crippen molar-refractivity contribution in [2.24, 2.45) is 0 Å². The van der Waals surface area contributed by atoms with Gasteiger partial charge in [-0.3, -0.25) is 0 Å². The molecular formula is C12H21N3OS. The first-order valence-electron chi connectivity index (χ1n) is 5.87. The van der Waals surface area contributed by atoms with E-state index >= 15 is 0 Å². The van der Waals surface area contributed by atoms with Crippen LogP contribution in [0.1, 0.15) is 23.9 Å². The van der Waals surface area contributed by atoms with E-state index in [4.69, 9.17) is 0 Å². The molecule has 96 valence electrons. The Morgan fingerprint density at radius 1 is 1.24 bits per heavy atom. The Balaban J connectivity index is 2.63. The zero-order valence-corrected chi connectivity index (χ0v) is 11.8. The van der Waals surface area contributed by atoms with Gasteiger partial charge in [0, 0.05) is 23.2 Å². The van der Waals surface area contributed by atoms with Gasteiger partial charge in [0.15, 0.2) is 5.16 Å². The molecule has 5 heteroatoms. The molecular weight excluding hydrogens is 234 g/mol. The lowest BCUT2D eigenvalue weighted by Gasteiger charge is -2.14. The molecule has 0 aliphatic carbocycles. The Kier molecular flexibility index (Phi) is 5.88. The quantitative estimate of drug-likeness (QED) is 0.595. The second kappa shape index (κ2) is 6.93. The Labute approximate surface area is 107 Å². The number of hydrogen-bond donors (Lipinski definition) is 2. The predicted molar refractivity (Wildman–Crippen MR) is 71.5 cm³/mol. The van der Waals surface area contributed by atoms with E-state index in [2.05, 4.69) is 15.3 Å².